The van der Waals surface area contributed by atoms with E-state index >= 15 is 0 Å². The largest absolute Gasteiger partial charge is 0.503 e. The Morgan fingerprint density at radius 3 is 2.21 bits per heavy atom. The molecule has 0 unspecified atom stereocenters. The van der Waals surface area contributed by atoms with Crippen LogP contribution in [0.2, 0.25) is 0 Å². The molecule has 10 nitrogen and oxygen atoms in total. The monoisotopic (exact) mass is 429 g/mol. The molecular formula is C18H31N5O5S. The van der Waals surface area contributed by atoms with Gasteiger partial charge in [-0.3, -0.25) is 14.6 Å². The summed E-state index contributed by atoms with van der Waals surface area (Å²) >= 11 is 0. The third-order valence-corrected chi connectivity index (χ3v) is 7.56. The first kappa shape index (κ1) is 22.2. The lowest BCUT2D eigenvalue weighted by molar-refractivity contribution is 0.0331. The van der Waals surface area contributed by atoms with E-state index in [4.69, 9.17) is 4.74 Å². The molecule has 0 radical (unpaired) electrons. The summed E-state index contributed by atoms with van der Waals surface area (Å²) in [5.41, 5.74) is 1.03. The Balaban J connectivity index is 1.71. The summed E-state index contributed by atoms with van der Waals surface area (Å²) in [5.74, 6) is -0.235. The van der Waals surface area contributed by atoms with Crippen molar-refractivity contribution in [2.24, 2.45) is 7.05 Å². The van der Waals surface area contributed by atoms with Gasteiger partial charge in [0.2, 0.25) is 5.43 Å². The second kappa shape index (κ2) is 9.11. The zero-order chi connectivity index (χ0) is 21.2. The van der Waals surface area contributed by atoms with Gasteiger partial charge in [0.15, 0.2) is 5.75 Å². The Morgan fingerprint density at radius 1 is 1.03 bits per heavy atom. The third-order valence-electron chi connectivity index (χ3n) is 5.62. The summed E-state index contributed by atoms with van der Waals surface area (Å²) in [6.07, 6.45) is 0. The number of pyridine rings is 1. The standard InChI is InChI=1S/C18H31N5O5S/c1-19(2)29(26,27)23-6-4-21(5-7-23)14-16-18(25)17(24)12-15(20(16)3)13-22-8-10-28-11-9-22/h12,25H,4-11,13-14H2,1-3H3. The van der Waals surface area contributed by atoms with E-state index in [9.17, 15) is 18.3 Å². The summed E-state index contributed by atoms with van der Waals surface area (Å²) in [6.45, 7) is 5.83. The lowest BCUT2D eigenvalue weighted by Gasteiger charge is -2.35. The lowest BCUT2D eigenvalue weighted by atomic mass is 10.2. The molecule has 0 amide bonds. The molecule has 3 rings (SSSR count). The predicted molar refractivity (Wildman–Crippen MR) is 109 cm³/mol. The van der Waals surface area contributed by atoms with Crippen LogP contribution in [0.15, 0.2) is 10.9 Å². The maximum Gasteiger partial charge on any atom is 0.281 e. The quantitative estimate of drug-likeness (QED) is 0.610. The minimum Gasteiger partial charge on any atom is -0.503 e. The van der Waals surface area contributed by atoms with Crippen molar-refractivity contribution in [2.75, 3.05) is 66.6 Å². The highest BCUT2D eigenvalue weighted by molar-refractivity contribution is 7.86. The van der Waals surface area contributed by atoms with Crippen molar-refractivity contribution in [3.05, 3.63) is 27.7 Å². The van der Waals surface area contributed by atoms with Crippen LogP contribution in [0.3, 0.4) is 0 Å². The highest BCUT2D eigenvalue weighted by atomic mass is 32.2. The molecule has 2 saturated heterocycles. The molecule has 164 valence electrons. The van der Waals surface area contributed by atoms with Crippen LogP contribution in [0, 0.1) is 0 Å². The Morgan fingerprint density at radius 2 is 1.62 bits per heavy atom. The third kappa shape index (κ3) is 4.98. The Kier molecular flexibility index (Phi) is 6.97. The molecule has 0 aromatic carbocycles. The number of rotatable bonds is 6. The van der Waals surface area contributed by atoms with Crippen LogP contribution < -0.4 is 5.43 Å². The molecule has 3 heterocycles. The molecular weight excluding hydrogens is 398 g/mol. The van der Waals surface area contributed by atoms with E-state index in [-0.39, 0.29) is 11.2 Å². The fraction of sp³-hybridized carbons (Fsp3) is 0.722. The van der Waals surface area contributed by atoms with E-state index < -0.39 is 10.2 Å². The Labute approximate surface area is 172 Å². The first-order valence-electron chi connectivity index (χ1n) is 9.81. The molecule has 1 N–H and O–H groups in total. The topological polar surface area (TPSA) is 98.6 Å². The summed E-state index contributed by atoms with van der Waals surface area (Å²) in [4.78, 5) is 16.6. The number of aromatic hydroxyl groups is 1. The molecule has 1 aromatic heterocycles. The fourth-order valence-corrected chi connectivity index (χ4v) is 4.76. The minimum absolute atomic E-state index is 0.235. The highest BCUT2D eigenvalue weighted by Crippen LogP contribution is 2.19. The zero-order valence-corrected chi connectivity index (χ0v) is 18.2. The maximum atomic E-state index is 12.3. The molecule has 2 aliphatic heterocycles. The molecule has 0 bridgehead atoms. The van der Waals surface area contributed by atoms with Gasteiger partial charge in [-0.2, -0.15) is 17.0 Å². The summed E-state index contributed by atoms with van der Waals surface area (Å²) in [6, 6.07) is 1.50. The summed E-state index contributed by atoms with van der Waals surface area (Å²) < 4.78 is 34.5. The van der Waals surface area contributed by atoms with Crippen LogP contribution in [-0.4, -0.2) is 103 Å². The van der Waals surface area contributed by atoms with E-state index in [1.54, 1.807) is 0 Å². The number of nitrogens with zero attached hydrogens (tertiary/aromatic N) is 5. The number of ether oxygens (including phenoxy) is 1. The van der Waals surface area contributed by atoms with Crippen molar-refractivity contribution in [1.29, 1.82) is 0 Å². The minimum atomic E-state index is -3.42. The number of morpholine rings is 1. The second-order valence-electron chi connectivity index (χ2n) is 7.71. The SMILES string of the molecule is CN(C)S(=O)(=O)N1CCN(Cc2c(O)c(=O)cc(CN3CCOCC3)n2C)CC1. The molecule has 0 spiro atoms. The van der Waals surface area contributed by atoms with Crippen LogP contribution in [0.25, 0.3) is 0 Å². The van der Waals surface area contributed by atoms with Gasteiger partial charge in [-0.05, 0) is 0 Å². The normalized spacial score (nSPS) is 20.4. The Hall–Kier alpha value is -1.50. The van der Waals surface area contributed by atoms with Crippen molar-refractivity contribution >= 4 is 10.2 Å². The van der Waals surface area contributed by atoms with E-state index in [2.05, 4.69) is 9.80 Å². The molecule has 2 aliphatic rings. The average Bonchev–Trinajstić information content (AvgIpc) is 2.70. The van der Waals surface area contributed by atoms with Gasteiger partial charge in [-0.25, -0.2) is 0 Å². The van der Waals surface area contributed by atoms with Gasteiger partial charge in [-0.1, -0.05) is 0 Å². The number of hydrogen-bond acceptors (Lipinski definition) is 7. The van der Waals surface area contributed by atoms with Crippen LogP contribution in [0.5, 0.6) is 5.75 Å². The maximum absolute atomic E-state index is 12.3. The first-order valence-corrected chi connectivity index (χ1v) is 11.2. The second-order valence-corrected chi connectivity index (χ2v) is 9.85. The van der Waals surface area contributed by atoms with Gasteiger partial charge < -0.3 is 14.4 Å². The molecule has 0 atom stereocenters. The van der Waals surface area contributed by atoms with E-state index in [1.165, 1.54) is 28.8 Å². The van der Waals surface area contributed by atoms with Gasteiger partial charge >= 0.3 is 0 Å². The lowest BCUT2D eigenvalue weighted by Crippen LogP contribution is -2.51. The molecule has 0 saturated carbocycles. The van der Waals surface area contributed by atoms with Crippen molar-refractivity contribution in [3.8, 4) is 5.75 Å². The smallest absolute Gasteiger partial charge is 0.281 e. The fourth-order valence-electron chi connectivity index (χ4n) is 3.67. The number of hydrogen-bond donors (Lipinski definition) is 1. The van der Waals surface area contributed by atoms with Crippen molar-refractivity contribution in [2.45, 2.75) is 13.1 Å². The van der Waals surface area contributed by atoms with Crippen molar-refractivity contribution in [1.82, 2.24) is 23.0 Å². The summed E-state index contributed by atoms with van der Waals surface area (Å²) in [7, 11) is 1.48. The van der Waals surface area contributed by atoms with E-state index in [0.717, 1.165) is 18.8 Å². The average molecular weight is 430 g/mol. The Bertz CT molecular complexity index is 871. The van der Waals surface area contributed by atoms with Crippen LogP contribution >= 0.6 is 0 Å². The van der Waals surface area contributed by atoms with Gasteiger partial charge in [0.1, 0.15) is 0 Å². The van der Waals surface area contributed by atoms with Crippen LogP contribution in [0.4, 0.5) is 0 Å². The van der Waals surface area contributed by atoms with Crippen molar-refractivity contribution < 1.29 is 18.3 Å². The number of piperazine rings is 1. The van der Waals surface area contributed by atoms with Gasteiger partial charge in [0.05, 0.1) is 18.9 Å². The predicted octanol–water partition coefficient (Wildman–Crippen LogP) is -1.15. The first-order chi connectivity index (χ1) is 13.7. The van der Waals surface area contributed by atoms with Gasteiger partial charge in [-0.15, -0.1) is 0 Å². The van der Waals surface area contributed by atoms with Gasteiger partial charge in [0, 0.05) is 85.3 Å². The van der Waals surface area contributed by atoms with Crippen LogP contribution in [-0.2, 0) is 35.1 Å². The van der Waals surface area contributed by atoms with Crippen LogP contribution in [0.1, 0.15) is 11.4 Å². The zero-order valence-electron chi connectivity index (χ0n) is 17.4. The number of aromatic nitrogens is 1. The molecule has 11 heteroatoms. The van der Waals surface area contributed by atoms with Gasteiger partial charge in [0.25, 0.3) is 10.2 Å². The highest BCUT2D eigenvalue weighted by Gasteiger charge is 2.29. The molecule has 29 heavy (non-hydrogen) atoms. The molecule has 2 fully saturated rings. The molecule has 0 aliphatic carbocycles. The summed E-state index contributed by atoms with van der Waals surface area (Å²) in [5, 5.41) is 10.4. The molecule has 1 aromatic rings. The van der Waals surface area contributed by atoms with Crippen molar-refractivity contribution in [3.63, 3.8) is 0 Å². The van der Waals surface area contributed by atoms with E-state index in [0.29, 0.717) is 58.2 Å². The van der Waals surface area contributed by atoms with E-state index in [1.807, 2.05) is 11.6 Å².